The summed E-state index contributed by atoms with van der Waals surface area (Å²) in [5.41, 5.74) is 3.65. The molecule has 2 heteroatoms. The highest BCUT2D eigenvalue weighted by molar-refractivity contribution is 5.89. The van der Waals surface area contributed by atoms with Crippen molar-refractivity contribution in [2.24, 2.45) is 0 Å². The smallest absolute Gasteiger partial charge is 0.338 e. The number of carbonyl (C=O) groups excluding carboxylic acids is 1. The van der Waals surface area contributed by atoms with Crippen molar-refractivity contribution in [3.63, 3.8) is 0 Å². The van der Waals surface area contributed by atoms with Gasteiger partial charge in [-0.15, -0.1) is 0 Å². The summed E-state index contributed by atoms with van der Waals surface area (Å²) in [6.07, 6.45) is 0. The lowest BCUT2D eigenvalue weighted by Crippen LogP contribution is -2.10. The molecule has 0 N–H and O–H groups in total. The second kappa shape index (κ2) is 5.17. The first-order valence-corrected chi connectivity index (χ1v) is 5.81. The first-order valence-electron chi connectivity index (χ1n) is 5.81. The van der Waals surface area contributed by atoms with Gasteiger partial charge in [-0.2, -0.15) is 0 Å². The molecule has 92 valence electrons. The van der Waals surface area contributed by atoms with Crippen molar-refractivity contribution in [1.82, 2.24) is 0 Å². The molecule has 0 atom stereocenters. The van der Waals surface area contributed by atoms with Gasteiger partial charge in [0.05, 0.1) is 0 Å². The fraction of sp³-hybridized carbons (Fsp3) is 0.400. The van der Waals surface area contributed by atoms with Gasteiger partial charge in [-0.3, -0.25) is 0 Å². The Kier molecular flexibility index (Phi) is 4.11. The Balaban J connectivity index is 3.10. The molecule has 0 aliphatic carbocycles. The van der Waals surface area contributed by atoms with Gasteiger partial charge in [0.1, 0.15) is 5.75 Å². The van der Waals surface area contributed by atoms with Crippen molar-refractivity contribution < 1.29 is 9.53 Å². The molecule has 1 rings (SSSR count). The number of carbonyl (C=O) groups is 1. The molecule has 0 amide bonds. The van der Waals surface area contributed by atoms with Crippen LogP contribution in [0.15, 0.2) is 24.3 Å². The topological polar surface area (TPSA) is 26.3 Å². The van der Waals surface area contributed by atoms with Gasteiger partial charge in [-0.05, 0) is 43.4 Å². The summed E-state index contributed by atoms with van der Waals surface area (Å²) in [5.74, 6) is 0.759. The zero-order chi connectivity index (χ0) is 13.2. The number of hydrogen-bond donors (Lipinski definition) is 0. The number of rotatable bonds is 3. The van der Waals surface area contributed by atoms with E-state index in [1.54, 1.807) is 6.92 Å². The van der Waals surface area contributed by atoms with E-state index < -0.39 is 0 Å². The Morgan fingerprint density at radius 2 is 1.71 bits per heavy atom. The molecule has 0 spiro atoms. The zero-order valence-electron chi connectivity index (χ0n) is 11.3. The Labute approximate surface area is 103 Å². The minimum Gasteiger partial charge on any atom is -0.423 e. The lowest BCUT2D eigenvalue weighted by Gasteiger charge is -2.14. The minimum absolute atomic E-state index is 0.367. The Bertz CT molecular complexity index is 433. The van der Waals surface area contributed by atoms with E-state index >= 15 is 0 Å². The van der Waals surface area contributed by atoms with E-state index in [2.05, 4.69) is 32.6 Å². The third-order valence-corrected chi connectivity index (χ3v) is 2.69. The van der Waals surface area contributed by atoms with Crippen LogP contribution in [0.1, 0.15) is 43.4 Å². The normalized spacial score (nSPS) is 10.5. The van der Waals surface area contributed by atoms with Gasteiger partial charge in [0.15, 0.2) is 0 Å². The summed E-state index contributed by atoms with van der Waals surface area (Å²) >= 11 is 0. The number of ether oxygens (including phenoxy) is 1. The van der Waals surface area contributed by atoms with Crippen molar-refractivity contribution in [2.75, 3.05) is 0 Å². The summed E-state index contributed by atoms with van der Waals surface area (Å²) in [6.45, 7) is 13.4. The van der Waals surface area contributed by atoms with E-state index in [0.29, 0.717) is 17.2 Å². The zero-order valence-corrected chi connectivity index (χ0v) is 11.3. The highest BCUT2D eigenvalue weighted by Crippen LogP contribution is 2.28. The summed E-state index contributed by atoms with van der Waals surface area (Å²) in [6, 6.07) is 4.14. The SMILES string of the molecule is C=C(C)C(=O)Oc1c(C)cc(C(C)C)cc1C. The maximum atomic E-state index is 11.5. The molecule has 0 aliphatic heterocycles. The first kappa shape index (κ1) is 13.5. The van der Waals surface area contributed by atoms with E-state index in [1.807, 2.05) is 13.8 Å². The van der Waals surface area contributed by atoms with Crippen molar-refractivity contribution >= 4 is 5.97 Å². The number of hydrogen-bond acceptors (Lipinski definition) is 2. The summed E-state index contributed by atoms with van der Waals surface area (Å²) in [7, 11) is 0. The predicted molar refractivity (Wildman–Crippen MR) is 70.5 cm³/mol. The van der Waals surface area contributed by atoms with E-state index in [-0.39, 0.29) is 5.97 Å². The number of benzene rings is 1. The quantitative estimate of drug-likeness (QED) is 0.448. The monoisotopic (exact) mass is 232 g/mol. The van der Waals surface area contributed by atoms with Gasteiger partial charge < -0.3 is 4.74 Å². The van der Waals surface area contributed by atoms with Crippen molar-refractivity contribution in [3.05, 3.63) is 41.0 Å². The molecule has 0 aromatic heterocycles. The molecule has 0 fully saturated rings. The molecule has 0 bridgehead atoms. The van der Waals surface area contributed by atoms with Crippen LogP contribution in [0.4, 0.5) is 0 Å². The molecular weight excluding hydrogens is 212 g/mol. The first-order chi connectivity index (χ1) is 7.82. The summed E-state index contributed by atoms with van der Waals surface area (Å²) in [4.78, 5) is 11.5. The molecule has 0 saturated carbocycles. The van der Waals surface area contributed by atoms with E-state index in [9.17, 15) is 4.79 Å². The van der Waals surface area contributed by atoms with E-state index in [0.717, 1.165) is 11.1 Å². The van der Waals surface area contributed by atoms with Crippen LogP contribution in [-0.2, 0) is 4.79 Å². The number of aryl methyl sites for hydroxylation is 2. The highest BCUT2D eigenvalue weighted by Gasteiger charge is 2.12. The molecule has 0 unspecified atom stereocenters. The average molecular weight is 232 g/mol. The van der Waals surface area contributed by atoms with E-state index in [1.165, 1.54) is 5.56 Å². The maximum absolute atomic E-state index is 11.5. The lowest BCUT2D eigenvalue weighted by atomic mass is 9.98. The van der Waals surface area contributed by atoms with Gasteiger partial charge in [-0.25, -0.2) is 4.79 Å². The Morgan fingerprint density at radius 1 is 1.24 bits per heavy atom. The molecule has 1 aromatic rings. The maximum Gasteiger partial charge on any atom is 0.338 e. The molecule has 0 heterocycles. The van der Waals surface area contributed by atoms with Crippen LogP contribution in [0, 0.1) is 13.8 Å². The van der Waals surface area contributed by atoms with Crippen LogP contribution in [0.5, 0.6) is 5.75 Å². The second-order valence-electron chi connectivity index (χ2n) is 4.81. The van der Waals surface area contributed by atoms with Gasteiger partial charge >= 0.3 is 5.97 Å². The molecule has 2 nitrogen and oxygen atoms in total. The third-order valence-electron chi connectivity index (χ3n) is 2.69. The largest absolute Gasteiger partial charge is 0.423 e. The summed E-state index contributed by atoms with van der Waals surface area (Å²) < 4.78 is 5.33. The summed E-state index contributed by atoms with van der Waals surface area (Å²) in [5, 5.41) is 0. The van der Waals surface area contributed by atoms with Crippen LogP contribution in [0.3, 0.4) is 0 Å². The van der Waals surface area contributed by atoms with Crippen LogP contribution in [-0.4, -0.2) is 5.97 Å². The Morgan fingerprint density at radius 3 is 2.06 bits per heavy atom. The fourth-order valence-corrected chi connectivity index (χ4v) is 1.66. The molecule has 17 heavy (non-hydrogen) atoms. The van der Waals surface area contributed by atoms with Gasteiger partial charge in [0, 0.05) is 5.57 Å². The predicted octanol–water partition coefficient (Wildman–Crippen LogP) is 3.91. The van der Waals surface area contributed by atoms with E-state index in [4.69, 9.17) is 4.74 Å². The van der Waals surface area contributed by atoms with Crippen molar-refractivity contribution in [2.45, 2.75) is 40.5 Å². The Hall–Kier alpha value is -1.57. The molecule has 1 aromatic carbocycles. The standard InChI is InChI=1S/C15H20O2/c1-9(2)13-7-11(5)14(12(6)8-13)17-15(16)10(3)4/h7-9H,3H2,1-2,4-6H3. The molecule has 0 saturated heterocycles. The number of esters is 1. The third kappa shape index (κ3) is 3.19. The minimum atomic E-state index is -0.367. The fourth-order valence-electron chi connectivity index (χ4n) is 1.66. The van der Waals surface area contributed by atoms with Gasteiger partial charge in [0.2, 0.25) is 0 Å². The van der Waals surface area contributed by atoms with Crippen molar-refractivity contribution in [3.8, 4) is 5.75 Å². The van der Waals surface area contributed by atoms with Crippen molar-refractivity contribution in [1.29, 1.82) is 0 Å². The van der Waals surface area contributed by atoms with Crippen LogP contribution >= 0.6 is 0 Å². The van der Waals surface area contributed by atoms with Gasteiger partial charge in [0.25, 0.3) is 0 Å². The van der Waals surface area contributed by atoms with Crippen LogP contribution < -0.4 is 4.74 Å². The highest BCUT2D eigenvalue weighted by atomic mass is 16.5. The molecule has 0 radical (unpaired) electrons. The molecule has 0 aliphatic rings. The van der Waals surface area contributed by atoms with Crippen LogP contribution in [0.25, 0.3) is 0 Å². The van der Waals surface area contributed by atoms with Crippen LogP contribution in [0.2, 0.25) is 0 Å². The van der Waals surface area contributed by atoms with Gasteiger partial charge in [-0.1, -0.05) is 32.6 Å². The lowest BCUT2D eigenvalue weighted by molar-refractivity contribution is -0.130. The average Bonchev–Trinajstić information content (AvgIpc) is 2.22. The second-order valence-corrected chi connectivity index (χ2v) is 4.81. The molecular formula is C15H20O2.